The minimum Gasteiger partial charge on any atom is -0.395 e. The number of carbonyl (C=O) groups is 3. The molecule has 5 rings (SSSR count). The van der Waals surface area contributed by atoms with E-state index in [1.54, 1.807) is 11.8 Å². The number of morpholine rings is 1. The van der Waals surface area contributed by atoms with Crippen LogP contribution in [0.15, 0.2) is 30.3 Å². The topological polar surface area (TPSA) is 111 Å². The van der Waals surface area contributed by atoms with Gasteiger partial charge in [-0.3, -0.25) is 19.3 Å². The normalized spacial score (nSPS) is 34.2. The van der Waals surface area contributed by atoms with Crippen molar-refractivity contribution in [3.63, 3.8) is 0 Å². The molecule has 4 heterocycles. The first-order chi connectivity index (χ1) is 17.0. The van der Waals surface area contributed by atoms with Crippen molar-refractivity contribution < 1.29 is 24.2 Å². The third-order valence-electron chi connectivity index (χ3n) is 8.01. The number of benzene rings is 1. The van der Waals surface area contributed by atoms with Crippen LogP contribution in [-0.2, 0) is 19.1 Å². The van der Waals surface area contributed by atoms with Crippen LogP contribution >= 0.6 is 11.8 Å². The van der Waals surface area contributed by atoms with E-state index in [4.69, 9.17) is 4.74 Å². The predicted octanol–water partition coefficient (Wildman–Crippen LogP) is 0.403. The summed E-state index contributed by atoms with van der Waals surface area (Å²) in [5.74, 6) is -1.53. The van der Waals surface area contributed by atoms with Crippen LogP contribution in [0.25, 0.3) is 0 Å². The summed E-state index contributed by atoms with van der Waals surface area (Å²) in [5, 5.41) is 15.8. The molecule has 10 heteroatoms. The number of hydrogen-bond acceptors (Lipinski definition) is 7. The molecule has 2 bridgehead atoms. The summed E-state index contributed by atoms with van der Waals surface area (Å²) in [6.45, 7) is 6.23. The number of carbonyl (C=O) groups excluding carboxylic acids is 3. The van der Waals surface area contributed by atoms with Gasteiger partial charge in [0, 0.05) is 43.7 Å². The van der Waals surface area contributed by atoms with E-state index in [2.05, 4.69) is 22.5 Å². The second-order valence-electron chi connectivity index (χ2n) is 9.91. The molecule has 1 spiro atoms. The van der Waals surface area contributed by atoms with Crippen molar-refractivity contribution in [3.8, 4) is 0 Å². The number of aliphatic hydroxyl groups excluding tert-OH is 1. The number of anilines is 1. The molecule has 3 amide bonds. The second-order valence-corrected chi connectivity index (χ2v) is 11.5. The molecule has 4 fully saturated rings. The van der Waals surface area contributed by atoms with Crippen LogP contribution in [0.5, 0.6) is 0 Å². The van der Waals surface area contributed by atoms with Crippen LogP contribution in [0.1, 0.15) is 13.3 Å². The van der Waals surface area contributed by atoms with E-state index in [0.29, 0.717) is 25.4 Å². The van der Waals surface area contributed by atoms with Gasteiger partial charge in [0.25, 0.3) is 0 Å². The number of amides is 3. The lowest BCUT2D eigenvalue weighted by molar-refractivity contribution is -0.139. The van der Waals surface area contributed by atoms with E-state index in [0.717, 1.165) is 26.1 Å². The quantitative estimate of drug-likeness (QED) is 0.472. The van der Waals surface area contributed by atoms with Crippen LogP contribution in [0.4, 0.5) is 5.69 Å². The van der Waals surface area contributed by atoms with Crippen LogP contribution in [0.2, 0.25) is 0 Å². The number of ether oxygens (including phenoxy) is 1. The fourth-order valence-corrected chi connectivity index (χ4v) is 8.90. The van der Waals surface area contributed by atoms with Gasteiger partial charge in [0.2, 0.25) is 17.7 Å². The average Bonchev–Trinajstić information content (AvgIpc) is 3.44. The maximum absolute atomic E-state index is 13.7. The highest BCUT2D eigenvalue weighted by Crippen LogP contribution is 2.68. The zero-order valence-corrected chi connectivity index (χ0v) is 20.8. The van der Waals surface area contributed by atoms with Crippen LogP contribution in [-0.4, -0.2) is 101 Å². The Morgan fingerprint density at radius 2 is 1.91 bits per heavy atom. The van der Waals surface area contributed by atoms with E-state index in [1.807, 2.05) is 30.3 Å². The van der Waals surface area contributed by atoms with Crippen molar-refractivity contribution >= 4 is 35.2 Å². The maximum atomic E-state index is 13.7. The van der Waals surface area contributed by atoms with Crippen LogP contribution in [0, 0.1) is 17.8 Å². The molecule has 3 N–H and O–H groups in total. The Kier molecular flexibility index (Phi) is 7.07. The number of aliphatic hydroxyl groups is 1. The van der Waals surface area contributed by atoms with Crippen molar-refractivity contribution in [3.05, 3.63) is 30.3 Å². The van der Waals surface area contributed by atoms with Crippen molar-refractivity contribution in [2.45, 2.75) is 29.4 Å². The van der Waals surface area contributed by atoms with E-state index >= 15 is 0 Å². The lowest BCUT2D eigenvalue weighted by Crippen LogP contribution is -2.57. The average molecular weight is 503 g/mol. The van der Waals surface area contributed by atoms with Gasteiger partial charge in [-0.15, -0.1) is 11.8 Å². The van der Waals surface area contributed by atoms with Crippen molar-refractivity contribution in [2.75, 3.05) is 57.9 Å². The summed E-state index contributed by atoms with van der Waals surface area (Å²) < 4.78 is 4.72. The summed E-state index contributed by atoms with van der Waals surface area (Å²) in [4.78, 5) is 44.5. The third kappa shape index (κ3) is 4.24. The largest absolute Gasteiger partial charge is 0.395 e. The summed E-state index contributed by atoms with van der Waals surface area (Å²) in [6, 6.07) is 8.56. The van der Waals surface area contributed by atoms with E-state index in [-0.39, 0.29) is 42.0 Å². The highest BCUT2D eigenvalue weighted by atomic mass is 32.2. The zero-order chi connectivity index (χ0) is 24.6. The SMILES string of the molecule is CC1C[C@@H]2SC13C(C(=O)NCCN1CCOCC1)N(CCO)C(=O)[C@@H]3[C@@H]2C(=O)Nc1ccccc1. The molecule has 1 aromatic carbocycles. The third-order valence-corrected chi connectivity index (χ3v) is 10.1. The van der Waals surface area contributed by atoms with Gasteiger partial charge in [-0.05, 0) is 24.5 Å². The molecule has 4 aliphatic heterocycles. The Labute approximate surface area is 209 Å². The summed E-state index contributed by atoms with van der Waals surface area (Å²) in [7, 11) is 0. The molecule has 35 heavy (non-hydrogen) atoms. The highest BCUT2D eigenvalue weighted by molar-refractivity contribution is 8.02. The molecule has 0 aliphatic carbocycles. The number of nitrogens with one attached hydrogen (secondary N) is 2. The van der Waals surface area contributed by atoms with Gasteiger partial charge in [0.1, 0.15) is 6.04 Å². The smallest absolute Gasteiger partial charge is 0.244 e. The second kappa shape index (κ2) is 10.1. The zero-order valence-electron chi connectivity index (χ0n) is 20.0. The van der Waals surface area contributed by atoms with Crippen molar-refractivity contribution in [1.29, 1.82) is 0 Å². The van der Waals surface area contributed by atoms with Crippen LogP contribution < -0.4 is 10.6 Å². The van der Waals surface area contributed by atoms with Gasteiger partial charge < -0.3 is 25.4 Å². The molecule has 9 nitrogen and oxygen atoms in total. The number of thioether (sulfide) groups is 1. The lowest BCUT2D eigenvalue weighted by atomic mass is 9.66. The van der Waals surface area contributed by atoms with Gasteiger partial charge >= 0.3 is 0 Å². The summed E-state index contributed by atoms with van der Waals surface area (Å²) >= 11 is 1.64. The summed E-state index contributed by atoms with van der Waals surface area (Å²) in [5.41, 5.74) is 0.697. The van der Waals surface area contributed by atoms with E-state index < -0.39 is 22.6 Å². The monoisotopic (exact) mass is 502 g/mol. The molecule has 0 radical (unpaired) electrons. The molecule has 3 unspecified atom stereocenters. The first-order valence-electron chi connectivity index (χ1n) is 12.5. The number of para-hydroxylation sites is 1. The van der Waals surface area contributed by atoms with E-state index in [1.165, 1.54) is 4.90 Å². The molecule has 190 valence electrons. The standard InChI is InChI=1S/C25H34N4O5S/c1-16-15-18-19(22(31)27-17-5-3-2-4-6-17)20-24(33)29(9-12-30)21(25(16,20)35-18)23(32)26-7-8-28-10-13-34-14-11-28/h2-6,16,18-21,30H,7-15H2,1H3,(H,26,32)(H,27,31)/t16?,18-,19+,20-,21?,25?/m0/s1. The van der Waals surface area contributed by atoms with Gasteiger partial charge in [0.05, 0.1) is 36.4 Å². The first kappa shape index (κ1) is 24.5. The fourth-order valence-electron chi connectivity index (χ4n) is 6.47. The van der Waals surface area contributed by atoms with Gasteiger partial charge in [-0.25, -0.2) is 0 Å². The molecular weight excluding hydrogens is 468 g/mol. The Hall–Kier alpha value is -2.14. The van der Waals surface area contributed by atoms with Gasteiger partial charge in [-0.2, -0.15) is 0 Å². The number of fused-ring (bicyclic) bond motifs is 1. The number of nitrogens with zero attached hydrogens (tertiary/aromatic N) is 2. The molecular formula is C25H34N4O5S. The Balaban J connectivity index is 1.36. The highest BCUT2D eigenvalue weighted by Gasteiger charge is 2.75. The lowest BCUT2D eigenvalue weighted by Gasteiger charge is -2.38. The van der Waals surface area contributed by atoms with Gasteiger partial charge in [-0.1, -0.05) is 25.1 Å². The molecule has 4 aliphatic rings. The van der Waals surface area contributed by atoms with Crippen LogP contribution in [0.3, 0.4) is 0 Å². The molecule has 6 atom stereocenters. The van der Waals surface area contributed by atoms with Gasteiger partial charge in [0.15, 0.2) is 0 Å². The summed E-state index contributed by atoms with van der Waals surface area (Å²) in [6.07, 6.45) is 0.784. The Bertz CT molecular complexity index is 958. The maximum Gasteiger partial charge on any atom is 0.244 e. The Morgan fingerprint density at radius 1 is 1.17 bits per heavy atom. The molecule has 0 saturated carbocycles. The Morgan fingerprint density at radius 3 is 2.63 bits per heavy atom. The first-order valence-corrected chi connectivity index (χ1v) is 13.4. The minimum absolute atomic E-state index is 0.0115. The molecule has 1 aromatic rings. The number of β-amino-alcohol motifs (C(OH)–C–C–N with tert-alkyl or cyclic N) is 1. The number of likely N-dealkylation sites (tertiary alicyclic amines) is 1. The fraction of sp³-hybridized carbons (Fsp3) is 0.640. The molecule has 0 aromatic heterocycles. The predicted molar refractivity (Wildman–Crippen MR) is 133 cm³/mol. The van der Waals surface area contributed by atoms with E-state index in [9.17, 15) is 19.5 Å². The van der Waals surface area contributed by atoms with Crippen molar-refractivity contribution in [1.82, 2.24) is 15.1 Å². The molecule has 4 saturated heterocycles. The number of hydrogen-bond donors (Lipinski definition) is 3. The van der Waals surface area contributed by atoms with Crippen molar-refractivity contribution in [2.24, 2.45) is 17.8 Å². The minimum atomic E-state index is -0.698. The number of rotatable bonds is 8.